The van der Waals surface area contributed by atoms with Gasteiger partial charge < -0.3 is 5.32 Å². The van der Waals surface area contributed by atoms with Gasteiger partial charge in [0.2, 0.25) is 5.91 Å². The van der Waals surface area contributed by atoms with E-state index in [1.54, 1.807) is 24.3 Å². The SMILES string of the molecule is O=C(CSc1nnc(-c2ccccc2)n1-c1ccc(F)cc1F)NC1CCS(=O)(=O)C1. The van der Waals surface area contributed by atoms with E-state index in [0.29, 0.717) is 17.8 Å². The molecule has 1 aromatic heterocycles. The highest BCUT2D eigenvalue weighted by atomic mass is 32.2. The predicted octanol–water partition coefficient (Wildman–Crippen LogP) is 2.61. The number of benzene rings is 2. The lowest BCUT2D eigenvalue weighted by Gasteiger charge is -2.12. The first kappa shape index (κ1) is 21.4. The fraction of sp³-hybridized carbons (Fsp3) is 0.250. The van der Waals surface area contributed by atoms with Crippen LogP contribution in [-0.4, -0.2) is 52.4 Å². The number of nitrogens with one attached hydrogen (secondary N) is 1. The molecule has 2 aromatic carbocycles. The predicted molar refractivity (Wildman–Crippen MR) is 113 cm³/mol. The molecule has 0 saturated carbocycles. The Morgan fingerprint density at radius 2 is 1.94 bits per heavy atom. The molecule has 1 aliphatic heterocycles. The van der Waals surface area contributed by atoms with Crippen LogP contribution in [0.25, 0.3) is 17.1 Å². The van der Waals surface area contributed by atoms with Crippen molar-refractivity contribution < 1.29 is 22.0 Å². The Balaban J connectivity index is 1.59. The van der Waals surface area contributed by atoms with Crippen LogP contribution in [0.4, 0.5) is 8.78 Å². The van der Waals surface area contributed by atoms with Crippen LogP contribution in [0, 0.1) is 11.6 Å². The topological polar surface area (TPSA) is 93.9 Å². The van der Waals surface area contributed by atoms with Gasteiger partial charge in [0.05, 0.1) is 22.9 Å². The number of amides is 1. The molecule has 162 valence electrons. The van der Waals surface area contributed by atoms with E-state index in [4.69, 9.17) is 0 Å². The van der Waals surface area contributed by atoms with Crippen LogP contribution in [0.1, 0.15) is 6.42 Å². The van der Waals surface area contributed by atoms with E-state index in [1.807, 2.05) is 6.07 Å². The summed E-state index contributed by atoms with van der Waals surface area (Å²) < 4.78 is 52.5. The quantitative estimate of drug-likeness (QED) is 0.564. The fourth-order valence-electron chi connectivity index (χ4n) is 3.33. The molecular formula is C20H18F2N4O3S2. The number of hydrogen-bond acceptors (Lipinski definition) is 6. The lowest BCUT2D eigenvalue weighted by Crippen LogP contribution is -2.36. The molecule has 0 bridgehead atoms. The van der Waals surface area contributed by atoms with Gasteiger partial charge in [-0.05, 0) is 18.6 Å². The smallest absolute Gasteiger partial charge is 0.230 e. The number of sulfone groups is 1. The molecule has 1 unspecified atom stereocenters. The minimum atomic E-state index is -3.11. The Morgan fingerprint density at radius 1 is 1.16 bits per heavy atom. The van der Waals surface area contributed by atoms with Gasteiger partial charge in [0.15, 0.2) is 20.8 Å². The molecule has 1 fully saturated rings. The first-order valence-corrected chi connectivity index (χ1v) is 12.2. The summed E-state index contributed by atoms with van der Waals surface area (Å²) in [6.07, 6.45) is 0.383. The summed E-state index contributed by atoms with van der Waals surface area (Å²) in [5.41, 5.74) is 0.723. The van der Waals surface area contributed by atoms with Crippen LogP contribution in [0.5, 0.6) is 0 Å². The lowest BCUT2D eigenvalue weighted by molar-refractivity contribution is -0.119. The summed E-state index contributed by atoms with van der Waals surface area (Å²) in [4.78, 5) is 12.3. The van der Waals surface area contributed by atoms with Gasteiger partial charge in [-0.3, -0.25) is 9.36 Å². The van der Waals surface area contributed by atoms with E-state index < -0.39 is 27.5 Å². The average Bonchev–Trinajstić information content (AvgIpc) is 3.30. The molecule has 1 aliphatic rings. The monoisotopic (exact) mass is 464 g/mol. The van der Waals surface area contributed by atoms with E-state index in [1.165, 1.54) is 10.6 Å². The molecule has 0 spiro atoms. The van der Waals surface area contributed by atoms with Crippen molar-refractivity contribution in [3.63, 3.8) is 0 Å². The van der Waals surface area contributed by atoms with Gasteiger partial charge in [-0.15, -0.1) is 10.2 Å². The van der Waals surface area contributed by atoms with Gasteiger partial charge >= 0.3 is 0 Å². The molecule has 11 heteroatoms. The van der Waals surface area contributed by atoms with Gasteiger partial charge in [0.25, 0.3) is 0 Å². The maximum atomic E-state index is 14.6. The van der Waals surface area contributed by atoms with Gasteiger partial charge in [-0.2, -0.15) is 0 Å². The summed E-state index contributed by atoms with van der Waals surface area (Å²) in [6, 6.07) is 11.8. The zero-order valence-corrected chi connectivity index (χ0v) is 17.8. The molecule has 0 aliphatic carbocycles. The molecule has 4 rings (SSSR count). The van der Waals surface area contributed by atoms with Gasteiger partial charge in [-0.1, -0.05) is 42.1 Å². The van der Waals surface area contributed by atoms with E-state index in [-0.39, 0.29) is 34.0 Å². The van der Waals surface area contributed by atoms with E-state index >= 15 is 0 Å². The van der Waals surface area contributed by atoms with Crippen LogP contribution < -0.4 is 5.32 Å². The minimum Gasteiger partial charge on any atom is -0.352 e. The molecule has 2 heterocycles. The second kappa shape index (κ2) is 8.75. The third-order valence-electron chi connectivity index (χ3n) is 4.75. The van der Waals surface area contributed by atoms with Crippen molar-refractivity contribution in [2.24, 2.45) is 0 Å². The number of hydrogen-bond donors (Lipinski definition) is 1. The zero-order valence-electron chi connectivity index (χ0n) is 16.2. The molecule has 1 amide bonds. The normalized spacial score (nSPS) is 17.5. The number of carbonyl (C=O) groups excluding carboxylic acids is 1. The number of nitrogens with zero attached hydrogens (tertiary/aromatic N) is 3. The first-order valence-electron chi connectivity index (χ1n) is 9.41. The summed E-state index contributed by atoms with van der Waals surface area (Å²) in [5, 5.41) is 11.2. The molecular weight excluding hydrogens is 446 g/mol. The van der Waals surface area contributed by atoms with Crippen molar-refractivity contribution in [2.75, 3.05) is 17.3 Å². The van der Waals surface area contributed by atoms with E-state index in [0.717, 1.165) is 23.9 Å². The van der Waals surface area contributed by atoms with Crippen molar-refractivity contribution in [2.45, 2.75) is 17.6 Å². The molecule has 7 nitrogen and oxygen atoms in total. The van der Waals surface area contributed by atoms with Crippen LogP contribution >= 0.6 is 11.8 Å². The summed E-state index contributed by atoms with van der Waals surface area (Å²) in [5.74, 6) is -1.59. The van der Waals surface area contributed by atoms with E-state index in [2.05, 4.69) is 15.5 Å². The maximum absolute atomic E-state index is 14.6. The van der Waals surface area contributed by atoms with Crippen molar-refractivity contribution in [3.05, 3.63) is 60.2 Å². The standard InChI is InChI=1S/C20H18F2N4O3S2/c21-14-6-7-17(16(22)10-14)26-19(13-4-2-1-3-5-13)24-25-20(26)30-11-18(27)23-15-8-9-31(28,29)12-15/h1-7,10,15H,8-9,11-12H2,(H,23,27). The third kappa shape index (κ3) is 4.93. The molecule has 1 atom stereocenters. The average molecular weight is 465 g/mol. The Labute approximate surface area is 181 Å². The van der Waals surface area contributed by atoms with Crippen molar-refractivity contribution in [3.8, 4) is 17.1 Å². The summed E-state index contributed by atoms with van der Waals surface area (Å²) in [6.45, 7) is 0. The van der Waals surface area contributed by atoms with Crippen LogP contribution in [0.15, 0.2) is 53.7 Å². The van der Waals surface area contributed by atoms with Crippen LogP contribution in [-0.2, 0) is 14.6 Å². The summed E-state index contributed by atoms with van der Waals surface area (Å²) >= 11 is 1.03. The number of carbonyl (C=O) groups is 1. The number of aromatic nitrogens is 3. The van der Waals surface area contributed by atoms with Gasteiger partial charge in [0, 0.05) is 17.7 Å². The lowest BCUT2D eigenvalue weighted by atomic mass is 10.2. The van der Waals surface area contributed by atoms with Crippen molar-refractivity contribution >= 4 is 27.5 Å². The van der Waals surface area contributed by atoms with Crippen LogP contribution in [0.2, 0.25) is 0 Å². The highest BCUT2D eigenvalue weighted by Gasteiger charge is 2.29. The molecule has 1 N–H and O–H groups in total. The molecule has 1 saturated heterocycles. The summed E-state index contributed by atoms with van der Waals surface area (Å²) in [7, 11) is -3.11. The largest absolute Gasteiger partial charge is 0.352 e. The molecule has 3 aromatic rings. The van der Waals surface area contributed by atoms with E-state index in [9.17, 15) is 22.0 Å². The maximum Gasteiger partial charge on any atom is 0.230 e. The van der Waals surface area contributed by atoms with Crippen molar-refractivity contribution in [1.82, 2.24) is 20.1 Å². The first-order chi connectivity index (χ1) is 14.8. The number of rotatable bonds is 6. The Morgan fingerprint density at radius 3 is 2.61 bits per heavy atom. The minimum absolute atomic E-state index is 0.0510. The Hall–Kier alpha value is -2.79. The molecule has 0 radical (unpaired) electrons. The van der Waals surface area contributed by atoms with Gasteiger partial charge in [0.1, 0.15) is 11.6 Å². The number of halogens is 2. The Kier molecular flexibility index (Phi) is 6.05. The second-order valence-corrected chi connectivity index (χ2v) is 10.2. The van der Waals surface area contributed by atoms with Gasteiger partial charge in [-0.25, -0.2) is 17.2 Å². The fourth-order valence-corrected chi connectivity index (χ4v) is 5.76. The second-order valence-electron chi connectivity index (χ2n) is 7.06. The Bertz CT molecular complexity index is 1220. The van der Waals surface area contributed by atoms with Crippen LogP contribution in [0.3, 0.4) is 0 Å². The highest BCUT2D eigenvalue weighted by molar-refractivity contribution is 7.99. The molecule has 31 heavy (non-hydrogen) atoms. The number of thioether (sulfide) groups is 1. The van der Waals surface area contributed by atoms with Crippen molar-refractivity contribution in [1.29, 1.82) is 0 Å². The third-order valence-corrected chi connectivity index (χ3v) is 7.44. The zero-order chi connectivity index (χ0) is 22.0. The highest BCUT2D eigenvalue weighted by Crippen LogP contribution is 2.29.